The lowest BCUT2D eigenvalue weighted by atomic mass is 9.99. The van der Waals surface area contributed by atoms with Crippen molar-refractivity contribution in [1.82, 2.24) is 4.98 Å². The molecule has 1 heterocycles. The number of hydrogen-bond acceptors (Lipinski definition) is 4. The van der Waals surface area contributed by atoms with E-state index in [-0.39, 0.29) is 12.7 Å². The molecular formula is C14H17NO3. The zero-order valence-electron chi connectivity index (χ0n) is 10.6. The molecule has 0 amide bonds. The van der Waals surface area contributed by atoms with Crippen molar-refractivity contribution < 1.29 is 14.3 Å². The van der Waals surface area contributed by atoms with Crippen LogP contribution in [0.4, 0.5) is 0 Å². The first-order valence-corrected chi connectivity index (χ1v) is 6.06. The largest absolute Gasteiger partial charge is 0.417 e. The Bertz CT molecular complexity index is 490. The van der Waals surface area contributed by atoms with Crippen molar-refractivity contribution in [2.45, 2.75) is 32.8 Å². The fourth-order valence-corrected chi connectivity index (χ4v) is 1.61. The Labute approximate surface area is 106 Å². The molecule has 0 saturated carbocycles. The second-order valence-electron chi connectivity index (χ2n) is 4.24. The molecule has 0 fully saturated rings. The van der Waals surface area contributed by atoms with E-state index in [9.17, 15) is 0 Å². The zero-order valence-corrected chi connectivity index (χ0v) is 10.6. The summed E-state index contributed by atoms with van der Waals surface area (Å²) in [5, 5.41) is 8.86. The van der Waals surface area contributed by atoms with Gasteiger partial charge in [-0.3, -0.25) is 0 Å². The van der Waals surface area contributed by atoms with E-state index in [0.717, 1.165) is 6.42 Å². The van der Waals surface area contributed by atoms with Crippen molar-refractivity contribution in [1.29, 1.82) is 0 Å². The minimum Gasteiger partial charge on any atom is -0.417 e. The molecule has 2 aromatic rings. The standard InChI is InChI=1S/C14H17NO3/c1-3-10(2)11-4-6-13(7-5-11)18-14-15-12(8-16)9-17-14/h4-7,9-10,16H,3,8H2,1-2H3. The second-order valence-corrected chi connectivity index (χ2v) is 4.24. The molecule has 1 aromatic carbocycles. The van der Waals surface area contributed by atoms with Gasteiger partial charge in [-0.2, -0.15) is 4.98 Å². The van der Waals surface area contributed by atoms with E-state index in [1.165, 1.54) is 11.8 Å². The monoisotopic (exact) mass is 247 g/mol. The highest BCUT2D eigenvalue weighted by atomic mass is 16.6. The Balaban J connectivity index is 2.06. The van der Waals surface area contributed by atoms with Crippen molar-refractivity contribution in [3.05, 3.63) is 41.8 Å². The molecule has 0 aliphatic rings. The first kappa shape index (κ1) is 12.6. The molecule has 0 saturated heterocycles. The lowest BCUT2D eigenvalue weighted by molar-refractivity contribution is 0.276. The highest BCUT2D eigenvalue weighted by Gasteiger charge is 2.07. The van der Waals surface area contributed by atoms with Crippen LogP contribution in [0.3, 0.4) is 0 Å². The van der Waals surface area contributed by atoms with Gasteiger partial charge in [-0.05, 0) is 30.0 Å². The van der Waals surface area contributed by atoms with Gasteiger partial charge >= 0.3 is 6.08 Å². The maximum atomic E-state index is 8.86. The maximum Gasteiger partial charge on any atom is 0.399 e. The van der Waals surface area contributed by atoms with Crippen LogP contribution in [0.1, 0.15) is 37.4 Å². The Morgan fingerprint density at radius 2 is 2.06 bits per heavy atom. The summed E-state index contributed by atoms with van der Waals surface area (Å²) in [7, 11) is 0. The predicted octanol–water partition coefficient (Wildman–Crippen LogP) is 3.47. The summed E-state index contributed by atoms with van der Waals surface area (Å²) in [6, 6.07) is 7.87. The number of oxazole rings is 1. The van der Waals surface area contributed by atoms with Gasteiger partial charge in [0.25, 0.3) is 0 Å². The summed E-state index contributed by atoms with van der Waals surface area (Å²) in [4.78, 5) is 3.96. The Morgan fingerprint density at radius 3 is 2.61 bits per heavy atom. The van der Waals surface area contributed by atoms with Crippen LogP contribution in [0.2, 0.25) is 0 Å². The number of aromatic nitrogens is 1. The van der Waals surface area contributed by atoms with Gasteiger partial charge in [-0.1, -0.05) is 26.0 Å². The summed E-state index contributed by atoms with van der Waals surface area (Å²) in [5.41, 5.74) is 1.74. The number of ether oxygens (including phenoxy) is 1. The molecule has 0 spiro atoms. The lowest BCUT2D eigenvalue weighted by Gasteiger charge is -2.09. The van der Waals surface area contributed by atoms with E-state index in [4.69, 9.17) is 14.3 Å². The molecule has 1 atom stereocenters. The second kappa shape index (κ2) is 5.69. The topological polar surface area (TPSA) is 55.5 Å². The van der Waals surface area contributed by atoms with Gasteiger partial charge in [0.15, 0.2) is 0 Å². The molecule has 1 N–H and O–H groups in total. The number of rotatable bonds is 5. The average molecular weight is 247 g/mol. The highest BCUT2D eigenvalue weighted by molar-refractivity contribution is 5.30. The third-order valence-electron chi connectivity index (χ3n) is 2.96. The van der Waals surface area contributed by atoms with Crippen molar-refractivity contribution in [3.63, 3.8) is 0 Å². The van der Waals surface area contributed by atoms with Crippen LogP contribution in [0, 0.1) is 0 Å². The quantitative estimate of drug-likeness (QED) is 0.878. The fraction of sp³-hybridized carbons (Fsp3) is 0.357. The molecule has 0 aliphatic carbocycles. The summed E-state index contributed by atoms with van der Waals surface area (Å²) in [5.74, 6) is 1.22. The molecule has 0 radical (unpaired) electrons. The van der Waals surface area contributed by atoms with Crippen LogP contribution in [0.15, 0.2) is 34.9 Å². The van der Waals surface area contributed by atoms with Crippen LogP contribution < -0.4 is 4.74 Å². The predicted molar refractivity (Wildman–Crippen MR) is 67.6 cm³/mol. The minimum absolute atomic E-state index is 0.148. The third-order valence-corrected chi connectivity index (χ3v) is 2.96. The Morgan fingerprint density at radius 1 is 1.33 bits per heavy atom. The first-order chi connectivity index (χ1) is 8.72. The molecule has 18 heavy (non-hydrogen) atoms. The fourth-order valence-electron chi connectivity index (χ4n) is 1.61. The summed E-state index contributed by atoms with van der Waals surface area (Å²) < 4.78 is 10.5. The van der Waals surface area contributed by atoms with Gasteiger partial charge < -0.3 is 14.3 Å². The Hall–Kier alpha value is -1.81. The van der Waals surface area contributed by atoms with E-state index in [1.54, 1.807) is 0 Å². The van der Waals surface area contributed by atoms with E-state index in [2.05, 4.69) is 18.8 Å². The summed E-state index contributed by atoms with van der Waals surface area (Å²) >= 11 is 0. The van der Waals surface area contributed by atoms with Crippen molar-refractivity contribution in [2.75, 3.05) is 0 Å². The average Bonchev–Trinajstić information content (AvgIpc) is 2.86. The zero-order chi connectivity index (χ0) is 13.0. The van der Waals surface area contributed by atoms with E-state index in [0.29, 0.717) is 17.4 Å². The molecule has 96 valence electrons. The molecule has 1 aromatic heterocycles. The molecular weight excluding hydrogens is 230 g/mol. The molecule has 0 aliphatic heterocycles. The third kappa shape index (κ3) is 2.90. The van der Waals surface area contributed by atoms with Crippen LogP contribution in [-0.4, -0.2) is 10.1 Å². The number of hydrogen-bond donors (Lipinski definition) is 1. The summed E-state index contributed by atoms with van der Waals surface area (Å²) in [6.45, 7) is 4.20. The van der Waals surface area contributed by atoms with Gasteiger partial charge in [-0.25, -0.2) is 0 Å². The van der Waals surface area contributed by atoms with Gasteiger partial charge in [0.2, 0.25) is 0 Å². The lowest BCUT2D eigenvalue weighted by Crippen LogP contribution is -1.91. The molecule has 4 nitrogen and oxygen atoms in total. The van der Waals surface area contributed by atoms with Crippen LogP contribution in [-0.2, 0) is 6.61 Å². The Kier molecular flexibility index (Phi) is 3.99. The molecule has 4 heteroatoms. The van der Waals surface area contributed by atoms with Crippen molar-refractivity contribution >= 4 is 0 Å². The van der Waals surface area contributed by atoms with Gasteiger partial charge in [0.05, 0.1) is 6.61 Å². The van der Waals surface area contributed by atoms with E-state index < -0.39 is 0 Å². The highest BCUT2D eigenvalue weighted by Crippen LogP contribution is 2.24. The first-order valence-electron chi connectivity index (χ1n) is 6.06. The minimum atomic E-state index is -0.153. The van der Waals surface area contributed by atoms with Crippen LogP contribution in [0.25, 0.3) is 0 Å². The van der Waals surface area contributed by atoms with Crippen molar-refractivity contribution in [2.24, 2.45) is 0 Å². The number of benzene rings is 1. The number of aliphatic hydroxyl groups is 1. The van der Waals surface area contributed by atoms with Crippen LogP contribution >= 0.6 is 0 Å². The smallest absolute Gasteiger partial charge is 0.399 e. The normalized spacial score (nSPS) is 12.4. The van der Waals surface area contributed by atoms with E-state index in [1.807, 2.05) is 24.3 Å². The summed E-state index contributed by atoms with van der Waals surface area (Å²) in [6.07, 6.45) is 2.64. The van der Waals surface area contributed by atoms with Crippen LogP contribution in [0.5, 0.6) is 11.8 Å². The molecule has 0 bridgehead atoms. The van der Waals surface area contributed by atoms with Gasteiger partial charge in [-0.15, -0.1) is 0 Å². The molecule has 2 rings (SSSR count). The van der Waals surface area contributed by atoms with E-state index >= 15 is 0 Å². The SMILES string of the molecule is CCC(C)c1ccc(Oc2nc(CO)co2)cc1. The van der Waals surface area contributed by atoms with Gasteiger partial charge in [0, 0.05) is 0 Å². The van der Waals surface area contributed by atoms with Crippen molar-refractivity contribution in [3.8, 4) is 11.8 Å². The number of aliphatic hydroxyl groups excluding tert-OH is 1. The number of nitrogens with zero attached hydrogens (tertiary/aromatic N) is 1. The maximum absolute atomic E-state index is 8.86. The molecule has 1 unspecified atom stereocenters. The van der Waals surface area contributed by atoms with Gasteiger partial charge in [0.1, 0.15) is 17.7 Å².